The molecule has 1 atom stereocenters. The van der Waals surface area contributed by atoms with Crippen LogP contribution in [0.3, 0.4) is 0 Å². The van der Waals surface area contributed by atoms with Gasteiger partial charge in [0.1, 0.15) is 0 Å². The first-order chi connectivity index (χ1) is 7.93. The highest BCUT2D eigenvalue weighted by molar-refractivity contribution is 6.42. The minimum atomic E-state index is -1.52. The Morgan fingerprint density at radius 3 is 2.35 bits per heavy atom. The predicted octanol–water partition coefficient (Wildman–Crippen LogP) is 1.71. The molecule has 2 rings (SSSR count). The van der Waals surface area contributed by atoms with Crippen LogP contribution < -0.4 is 4.90 Å². The SMILES string of the molecule is CN1C(=O)[C@@H](O)N(c2ccc(Cl)c(Cl)c2)C1=O. The van der Waals surface area contributed by atoms with E-state index in [1.165, 1.54) is 25.2 Å². The number of anilines is 1. The third-order valence-corrected chi connectivity index (χ3v) is 3.21. The Kier molecular flexibility index (Phi) is 2.99. The summed E-state index contributed by atoms with van der Waals surface area (Å²) >= 11 is 11.6. The summed E-state index contributed by atoms with van der Waals surface area (Å²) in [6.45, 7) is 0. The summed E-state index contributed by atoms with van der Waals surface area (Å²) in [5, 5.41) is 10.2. The molecule has 1 heterocycles. The lowest BCUT2D eigenvalue weighted by Crippen LogP contribution is -2.34. The quantitative estimate of drug-likeness (QED) is 0.794. The molecule has 7 heteroatoms. The standard InChI is InChI=1S/C10H8Cl2N2O3/c1-13-8(15)9(16)14(10(13)17)5-2-3-6(11)7(12)4-5/h2-4,9,16H,1H3/t9-/m1/s1. The Morgan fingerprint density at radius 2 is 1.88 bits per heavy atom. The molecular formula is C10H8Cl2N2O3. The number of imide groups is 1. The zero-order valence-corrected chi connectivity index (χ0v) is 10.2. The summed E-state index contributed by atoms with van der Waals surface area (Å²) in [6.07, 6.45) is -1.52. The number of carbonyl (C=O) groups is 2. The third kappa shape index (κ3) is 1.86. The fourth-order valence-corrected chi connectivity index (χ4v) is 1.82. The van der Waals surface area contributed by atoms with Crippen LogP contribution in [0.4, 0.5) is 10.5 Å². The Hall–Kier alpha value is -1.30. The topological polar surface area (TPSA) is 60.9 Å². The number of hydrogen-bond acceptors (Lipinski definition) is 3. The van der Waals surface area contributed by atoms with Gasteiger partial charge in [0.05, 0.1) is 15.7 Å². The van der Waals surface area contributed by atoms with Crippen molar-refractivity contribution in [2.24, 2.45) is 0 Å². The van der Waals surface area contributed by atoms with Gasteiger partial charge in [-0.1, -0.05) is 23.2 Å². The number of aliphatic hydroxyl groups is 1. The summed E-state index contributed by atoms with van der Waals surface area (Å²) in [5.74, 6) is -0.680. The Balaban J connectivity index is 2.43. The first-order valence-corrected chi connectivity index (χ1v) is 5.43. The van der Waals surface area contributed by atoms with Gasteiger partial charge in [-0.05, 0) is 18.2 Å². The molecule has 17 heavy (non-hydrogen) atoms. The maximum Gasteiger partial charge on any atom is 0.333 e. The number of nitrogens with zero attached hydrogens (tertiary/aromatic N) is 2. The van der Waals surface area contributed by atoms with E-state index in [2.05, 4.69) is 0 Å². The van der Waals surface area contributed by atoms with Gasteiger partial charge < -0.3 is 5.11 Å². The van der Waals surface area contributed by atoms with E-state index in [-0.39, 0.29) is 5.02 Å². The highest BCUT2D eigenvalue weighted by atomic mass is 35.5. The summed E-state index contributed by atoms with van der Waals surface area (Å²) in [6, 6.07) is 3.79. The first-order valence-electron chi connectivity index (χ1n) is 4.67. The fraction of sp³-hybridized carbons (Fsp3) is 0.200. The van der Waals surface area contributed by atoms with Crippen LogP contribution in [-0.2, 0) is 4.79 Å². The van der Waals surface area contributed by atoms with E-state index in [4.69, 9.17) is 23.2 Å². The summed E-state index contributed by atoms with van der Waals surface area (Å²) in [7, 11) is 1.30. The van der Waals surface area contributed by atoms with Crippen LogP contribution in [0.25, 0.3) is 0 Å². The largest absolute Gasteiger partial charge is 0.365 e. The van der Waals surface area contributed by atoms with Crippen LogP contribution >= 0.6 is 23.2 Å². The van der Waals surface area contributed by atoms with Gasteiger partial charge in [-0.3, -0.25) is 14.6 Å². The number of hydrogen-bond donors (Lipinski definition) is 1. The Labute approximate surface area is 107 Å². The van der Waals surface area contributed by atoms with E-state index >= 15 is 0 Å². The molecule has 1 aliphatic rings. The molecule has 1 aromatic rings. The average Bonchev–Trinajstić information content (AvgIpc) is 2.48. The van der Waals surface area contributed by atoms with Crippen molar-refractivity contribution in [3.8, 4) is 0 Å². The minimum absolute atomic E-state index is 0.242. The van der Waals surface area contributed by atoms with Gasteiger partial charge in [0.25, 0.3) is 5.91 Å². The molecule has 0 unspecified atom stereocenters. The van der Waals surface area contributed by atoms with Crippen molar-refractivity contribution in [1.29, 1.82) is 0 Å². The van der Waals surface area contributed by atoms with Crippen molar-refractivity contribution >= 4 is 40.8 Å². The molecule has 0 radical (unpaired) electrons. The highest BCUT2D eigenvalue weighted by Crippen LogP contribution is 2.30. The maximum absolute atomic E-state index is 11.7. The van der Waals surface area contributed by atoms with Gasteiger partial charge in [-0.2, -0.15) is 0 Å². The number of benzene rings is 1. The number of amides is 3. The number of halogens is 2. The molecule has 1 fully saturated rings. The van der Waals surface area contributed by atoms with E-state index in [0.717, 1.165) is 9.80 Å². The molecule has 0 aliphatic carbocycles. The first kappa shape index (κ1) is 12.2. The summed E-state index contributed by atoms with van der Waals surface area (Å²) in [5.41, 5.74) is 0.314. The number of aliphatic hydroxyl groups excluding tert-OH is 1. The van der Waals surface area contributed by atoms with E-state index in [0.29, 0.717) is 10.7 Å². The lowest BCUT2D eigenvalue weighted by molar-refractivity contribution is -0.132. The predicted molar refractivity (Wildman–Crippen MR) is 63.1 cm³/mol. The second-order valence-corrected chi connectivity index (χ2v) is 4.34. The smallest absolute Gasteiger partial charge is 0.333 e. The average molecular weight is 275 g/mol. The molecular weight excluding hydrogens is 267 g/mol. The van der Waals surface area contributed by atoms with Crippen LogP contribution in [0, 0.1) is 0 Å². The molecule has 1 saturated heterocycles. The van der Waals surface area contributed by atoms with Gasteiger partial charge in [0.15, 0.2) is 0 Å². The van der Waals surface area contributed by atoms with Crippen LogP contribution in [0.2, 0.25) is 10.0 Å². The van der Waals surface area contributed by atoms with Crippen LogP contribution in [0.15, 0.2) is 18.2 Å². The Morgan fingerprint density at radius 1 is 1.24 bits per heavy atom. The lowest BCUT2D eigenvalue weighted by atomic mass is 10.3. The van der Waals surface area contributed by atoms with Gasteiger partial charge in [-0.15, -0.1) is 0 Å². The molecule has 0 saturated carbocycles. The molecule has 0 aromatic heterocycles. The lowest BCUT2D eigenvalue weighted by Gasteiger charge is -2.18. The van der Waals surface area contributed by atoms with Crippen LogP contribution in [-0.4, -0.2) is 35.2 Å². The van der Waals surface area contributed by atoms with Gasteiger partial charge in [0, 0.05) is 7.05 Å². The number of rotatable bonds is 1. The number of carbonyl (C=O) groups excluding carboxylic acids is 2. The highest BCUT2D eigenvalue weighted by Gasteiger charge is 2.43. The van der Waals surface area contributed by atoms with Crippen molar-refractivity contribution in [2.45, 2.75) is 6.23 Å². The van der Waals surface area contributed by atoms with Crippen molar-refractivity contribution in [3.63, 3.8) is 0 Å². The van der Waals surface area contributed by atoms with Gasteiger partial charge in [-0.25, -0.2) is 4.79 Å². The molecule has 0 spiro atoms. The van der Waals surface area contributed by atoms with Crippen LogP contribution in [0.1, 0.15) is 0 Å². The molecule has 5 nitrogen and oxygen atoms in total. The molecule has 3 amide bonds. The second kappa shape index (κ2) is 4.18. The normalized spacial score (nSPS) is 20.4. The third-order valence-electron chi connectivity index (χ3n) is 2.47. The zero-order chi connectivity index (χ0) is 12.7. The van der Waals surface area contributed by atoms with Gasteiger partial charge in [0.2, 0.25) is 6.23 Å². The van der Waals surface area contributed by atoms with Crippen molar-refractivity contribution in [2.75, 3.05) is 11.9 Å². The monoisotopic (exact) mass is 274 g/mol. The van der Waals surface area contributed by atoms with Crippen molar-refractivity contribution in [3.05, 3.63) is 28.2 Å². The van der Waals surface area contributed by atoms with Gasteiger partial charge >= 0.3 is 6.03 Å². The number of urea groups is 1. The van der Waals surface area contributed by atoms with E-state index in [1.54, 1.807) is 0 Å². The molecule has 1 aliphatic heterocycles. The fourth-order valence-electron chi connectivity index (χ4n) is 1.53. The minimum Gasteiger partial charge on any atom is -0.365 e. The van der Waals surface area contributed by atoms with E-state index in [9.17, 15) is 14.7 Å². The van der Waals surface area contributed by atoms with E-state index < -0.39 is 18.2 Å². The molecule has 1 N–H and O–H groups in total. The number of likely N-dealkylation sites (N-methyl/N-ethyl adjacent to an activating group) is 1. The second-order valence-electron chi connectivity index (χ2n) is 3.52. The van der Waals surface area contributed by atoms with Crippen LogP contribution in [0.5, 0.6) is 0 Å². The summed E-state index contributed by atoms with van der Waals surface area (Å²) < 4.78 is 0. The molecule has 1 aromatic carbocycles. The van der Waals surface area contributed by atoms with Crippen molar-refractivity contribution < 1.29 is 14.7 Å². The van der Waals surface area contributed by atoms with E-state index in [1.807, 2.05) is 0 Å². The van der Waals surface area contributed by atoms with Crippen molar-refractivity contribution in [1.82, 2.24) is 4.90 Å². The molecule has 90 valence electrons. The Bertz CT molecular complexity index is 506. The molecule has 0 bridgehead atoms. The zero-order valence-electron chi connectivity index (χ0n) is 8.72. The summed E-state index contributed by atoms with van der Waals surface area (Å²) in [4.78, 5) is 24.9. The maximum atomic E-state index is 11.7.